The molecule has 0 saturated carbocycles. The first-order chi connectivity index (χ1) is 9.51. The summed E-state index contributed by atoms with van der Waals surface area (Å²) in [5, 5.41) is 14.1. The fourth-order valence-electron chi connectivity index (χ4n) is 1.27. The molecule has 20 heavy (non-hydrogen) atoms. The number of hydrogen-bond acceptors (Lipinski definition) is 5. The molecule has 3 N–H and O–H groups in total. The van der Waals surface area contributed by atoms with Crippen LogP contribution in [0.1, 0.15) is 13.8 Å². The van der Waals surface area contributed by atoms with E-state index in [1.54, 1.807) is 26.0 Å². The van der Waals surface area contributed by atoms with Gasteiger partial charge in [-0.25, -0.2) is 9.59 Å². The number of anilines is 1. The van der Waals surface area contributed by atoms with E-state index >= 15 is 0 Å². The standard InChI is InChI=1S/C13H18N2O5/c1-3-19-13(18)20-11-6-4-10(5-7-11)15-12(17)14-8-9(2)16/h4-7,9,16H,3,8H2,1-2H3,(H2,14,15,17). The third kappa shape index (κ3) is 6.05. The highest BCUT2D eigenvalue weighted by molar-refractivity contribution is 5.89. The van der Waals surface area contributed by atoms with Crippen molar-refractivity contribution in [3.05, 3.63) is 24.3 Å². The van der Waals surface area contributed by atoms with Gasteiger partial charge in [0.25, 0.3) is 0 Å². The van der Waals surface area contributed by atoms with Crippen LogP contribution in [0.5, 0.6) is 5.75 Å². The Bertz CT molecular complexity index is 445. The number of carbonyl (C=O) groups is 2. The van der Waals surface area contributed by atoms with Gasteiger partial charge in [-0.15, -0.1) is 0 Å². The molecule has 7 heteroatoms. The predicted molar refractivity (Wildman–Crippen MR) is 72.8 cm³/mol. The summed E-state index contributed by atoms with van der Waals surface area (Å²) in [5.41, 5.74) is 0.532. The van der Waals surface area contributed by atoms with Crippen molar-refractivity contribution in [2.75, 3.05) is 18.5 Å². The van der Waals surface area contributed by atoms with E-state index in [-0.39, 0.29) is 13.2 Å². The molecule has 2 amide bonds. The molecule has 1 rings (SSSR count). The molecule has 0 aliphatic carbocycles. The summed E-state index contributed by atoms with van der Waals surface area (Å²) in [5.74, 6) is 0.318. The van der Waals surface area contributed by atoms with Gasteiger partial charge in [0.05, 0.1) is 12.7 Å². The third-order valence-corrected chi connectivity index (χ3v) is 2.13. The number of rotatable bonds is 5. The molecule has 0 aliphatic rings. The van der Waals surface area contributed by atoms with Crippen LogP contribution in [0.2, 0.25) is 0 Å². The minimum atomic E-state index is -0.775. The Morgan fingerprint density at radius 3 is 2.50 bits per heavy atom. The first-order valence-electron chi connectivity index (χ1n) is 6.19. The highest BCUT2D eigenvalue weighted by atomic mass is 16.7. The smallest absolute Gasteiger partial charge is 0.434 e. The molecule has 0 saturated heterocycles. The lowest BCUT2D eigenvalue weighted by molar-refractivity contribution is 0.104. The Kier molecular flexibility index (Phi) is 6.31. The largest absolute Gasteiger partial charge is 0.513 e. The maximum absolute atomic E-state index is 11.4. The number of nitrogens with one attached hydrogen (secondary N) is 2. The summed E-state index contributed by atoms with van der Waals surface area (Å²) >= 11 is 0. The van der Waals surface area contributed by atoms with Crippen molar-refractivity contribution in [1.29, 1.82) is 0 Å². The van der Waals surface area contributed by atoms with Gasteiger partial charge >= 0.3 is 12.2 Å². The van der Waals surface area contributed by atoms with E-state index in [9.17, 15) is 9.59 Å². The molecule has 7 nitrogen and oxygen atoms in total. The molecule has 1 aromatic rings. The molecule has 0 aromatic heterocycles. The summed E-state index contributed by atoms with van der Waals surface area (Å²) in [6.07, 6.45) is -1.39. The van der Waals surface area contributed by atoms with Crippen molar-refractivity contribution < 1.29 is 24.2 Å². The van der Waals surface area contributed by atoms with Gasteiger partial charge in [0.2, 0.25) is 0 Å². The van der Waals surface area contributed by atoms with Gasteiger partial charge in [0, 0.05) is 12.2 Å². The van der Waals surface area contributed by atoms with Crippen LogP contribution in [0.3, 0.4) is 0 Å². The number of benzene rings is 1. The first kappa shape index (κ1) is 15.8. The van der Waals surface area contributed by atoms with Crippen LogP contribution >= 0.6 is 0 Å². The van der Waals surface area contributed by atoms with Crippen LogP contribution in [0, 0.1) is 0 Å². The second-order valence-corrected chi connectivity index (χ2v) is 3.99. The molecule has 0 spiro atoms. The van der Waals surface area contributed by atoms with Gasteiger partial charge in [0.1, 0.15) is 5.75 Å². The van der Waals surface area contributed by atoms with Crippen molar-refractivity contribution in [3.8, 4) is 5.75 Å². The summed E-state index contributed by atoms with van der Waals surface area (Å²) < 4.78 is 9.50. The molecule has 1 aromatic carbocycles. The number of aliphatic hydroxyl groups is 1. The number of carbonyl (C=O) groups excluding carboxylic acids is 2. The molecule has 0 aliphatic heterocycles. The highest BCUT2D eigenvalue weighted by Crippen LogP contribution is 2.16. The van der Waals surface area contributed by atoms with Crippen molar-refractivity contribution in [1.82, 2.24) is 5.32 Å². The van der Waals surface area contributed by atoms with Gasteiger partial charge in [0.15, 0.2) is 0 Å². The maximum Gasteiger partial charge on any atom is 0.513 e. The van der Waals surface area contributed by atoms with Gasteiger partial charge in [-0.2, -0.15) is 0 Å². The van der Waals surface area contributed by atoms with E-state index in [2.05, 4.69) is 15.4 Å². The number of amides is 2. The minimum Gasteiger partial charge on any atom is -0.434 e. The van der Waals surface area contributed by atoms with Crippen LogP contribution in [0.4, 0.5) is 15.3 Å². The number of urea groups is 1. The lowest BCUT2D eigenvalue weighted by atomic mass is 10.3. The maximum atomic E-state index is 11.4. The van der Waals surface area contributed by atoms with Crippen LogP contribution in [-0.4, -0.2) is 36.5 Å². The zero-order valence-electron chi connectivity index (χ0n) is 11.4. The summed E-state index contributed by atoms with van der Waals surface area (Å²) in [4.78, 5) is 22.5. The van der Waals surface area contributed by atoms with Crippen molar-refractivity contribution >= 4 is 17.9 Å². The molecular formula is C13H18N2O5. The Labute approximate surface area is 116 Å². The van der Waals surface area contributed by atoms with E-state index in [4.69, 9.17) is 9.84 Å². The highest BCUT2D eigenvalue weighted by Gasteiger charge is 2.06. The Morgan fingerprint density at radius 2 is 1.95 bits per heavy atom. The average molecular weight is 282 g/mol. The van der Waals surface area contributed by atoms with E-state index < -0.39 is 18.3 Å². The number of ether oxygens (including phenoxy) is 2. The molecule has 0 heterocycles. The summed E-state index contributed by atoms with van der Waals surface area (Å²) in [6.45, 7) is 3.65. The van der Waals surface area contributed by atoms with Gasteiger partial charge < -0.3 is 25.2 Å². The lowest BCUT2D eigenvalue weighted by Gasteiger charge is -2.09. The molecule has 0 radical (unpaired) electrons. The summed E-state index contributed by atoms with van der Waals surface area (Å²) in [7, 11) is 0. The predicted octanol–water partition coefficient (Wildman–Crippen LogP) is 1.72. The third-order valence-electron chi connectivity index (χ3n) is 2.13. The molecule has 110 valence electrons. The van der Waals surface area contributed by atoms with Crippen molar-refractivity contribution in [2.45, 2.75) is 20.0 Å². The zero-order chi connectivity index (χ0) is 15.0. The van der Waals surface area contributed by atoms with Crippen LogP contribution in [0.15, 0.2) is 24.3 Å². The zero-order valence-corrected chi connectivity index (χ0v) is 11.4. The lowest BCUT2D eigenvalue weighted by Crippen LogP contribution is -2.34. The van der Waals surface area contributed by atoms with E-state index in [1.165, 1.54) is 12.1 Å². The molecule has 1 atom stereocenters. The van der Waals surface area contributed by atoms with E-state index in [0.717, 1.165) is 0 Å². The SMILES string of the molecule is CCOC(=O)Oc1ccc(NC(=O)NCC(C)O)cc1. The Morgan fingerprint density at radius 1 is 1.30 bits per heavy atom. The molecular weight excluding hydrogens is 264 g/mol. The Balaban J connectivity index is 2.46. The van der Waals surface area contributed by atoms with E-state index in [1.807, 2.05) is 0 Å². The number of hydrogen-bond donors (Lipinski definition) is 3. The fraction of sp³-hybridized carbons (Fsp3) is 0.385. The molecule has 1 unspecified atom stereocenters. The van der Waals surface area contributed by atoms with Crippen LogP contribution in [-0.2, 0) is 4.74 Å². The minimum absolute atomic E-state index is 0.163. The second-order valence-electron chi connectivity index (χ2n) is 3.99. The van der Waals surface area contributed by atoms with Crippen molar-refractivity contribution in [3.63, 3.8) is 0 Å². The van der Waals surface area contributed by atoms with E-state index in [0.29, 0.717) is 11.4 Å². The monoisotopic (exact) mass is 282 g/mol. The average Bonchev–Trinajstić information content (AvgIpc) is 2.39. The number of aliphatic hydroxyl groups excluding tert-OH is 1. The van der Waals surface area contributed by atoms with Gasteiger partial charge in [-0.05, 0) is 38.1 Å². The van der Waals surface area contributed by atoms with Crippen LogP contribution < -0.4 is 15.4 Å². The van der Waals surface area contributed by atoms with Crippen LogP contribution in [0.25, 0.3) is 0 Å². The topological polar surface area (TPSA) is 96.9 Å². The molecule has 0 bridgehead atoms. The quantitative estimate of drug-likeness (QED) is 0.564. The first-order valence-corrected chi connectivity index (χ1v) is 6.19. The molecule has 0 fully saturated rings. The van der Waals surface area contributed by atoms with Crippen molar-refractivity contribution in [2.24, 2.45) is 0 Å². The van der Waals surface area contributed by atoms with Gasteiger partial charge in [-0.3, -0.25) is 0 Å². The summed E-state index contributed by atoms with van der Waals surface area (Å²) in [6, 6.07) is 5.79. The Hall–Kier alpha value is -2.28. The van der Waals surface area contributed by atoms with Gasteiger partial charge in [-0.1, -0.05) is 0 Å². The second kappa shape index (κ2) is 8.00. The fourth-order valence-corrected chi connectivity index (χ4v) is 1.27. The normalized spacial score (nSPS) is 11.3.